The molecular weight excluding hydrogens is 256 g/mol. The molecule has 0 aliphatic carbocycles. The Morgan fingerprint density at radius 3 is 2.55 bits per heavy atom. The highest BCUT2D eigenvalue weighted by Gasteiger charge is 2.13. The van der Waals surface area contributed by atoms with Gasteiger partial charge >= 0.3 is 5.97 Å². The number of rotatable bonds is 5. The molecule has 0 fully saturated rings. The van der Waals surface area contributed by atoms with Crippen molar-refractivity contribution in [1.82, 2.24) is 9.78 Å². The van der Waals surface area contributed by atoms with Gasteiger partial charge in [-0.3, -0.25) is 14.3 Å². The van der Waals surface area contributed by atoms with Crippen LogP contribution in [0.3, 0.4) is 0 Å². The lowest BCUT2D eigenvalue weighted by molar-refractivity contribution is -0.138. The molecule has 1 atom stereocenters. The summed E-state index contributed by atoms with van der Waals surface area (Å²) in [4.78, 5) is 21.7. The summed E-state index contributed by atoms with van der Waals surface area (Å²) in [6.07, 6.45) is 2.49. The van der Waals surface area contributed by atoms with E-state index >= 15 is 0 Å². The number of aryl methyl sites for hydroxylation is 1. The van der Waals surface area contributed by atoms with Crippen LogP contribution in [0.15, 0.2) is 30.5 Å². The Kier molecular flexibility index (Phi) is 3.98. The van der Waals surface area contributed by atoms with Gasteiger partial charge in [0.25, 0.3) is 0 Å². The predicted octanol–water partition coefficient (Wildman–Crippen LogP) is 2.24. The van der Waals surface area contributed by atoms with Crippen molar-refractivity contribution in [3.63, 3.8) is 0 Å². The summed E-state index contributed by atoms with van der Waals surface area (Å²) in [7, 11) is 0. The number of carboxylic acid groups (broad SMARTS) is 1. The number of benzene rings is 1. The second-order valence-electron chi connectivity index (χ2n) is 4.79. The monoisotopic (exact) mass is 272 g/mol. The molecule has 0 aliphatic rings. The SMILES string of the molecule is Cc1nn(Cc2ccc(C(C)C(=O)O)cc2)cc1C=O. The van der Waals surface area contributed by atoms with Gasteiger partial charge in [-0.05, 0) is 25.0 Å². The molecule has 2 rings (SSSR count). The van der Waals surface area contributed by atoms with Crippen molar-refractivity contribution in [2.24, 2.45) is 0 Å². The topological polar surface area (TPSA) is 72.2 Å². The number of carbonyl (C=O) groups is 2. The summed E-state index contributed by atoms with van der Waals surface area (Å²) in [5.74, 6) is -1.35. The van der Waals surface area contributed by atoms with Gasteiger partial charge in [0, 0.05) is 6.20 Å². The number of nitrogens with zero attached hydrogens (tertiary/aromatic N) is 2. The fourth-order valence-electron chi connectivity index (χ4n) is 1.97. The van der Waals surface area contributed by atoms with Crippen LogP contribution in [0.2, 0.25) is 0 Å². The highest BCUT2D eigenvalue weighted by molar-refractivity contribution is 5.76. The minimum Gasteiger partial charge on any atom is -0.481 e. The van der Waals surface area contributed by atoms with Gasteiger partial charge in [-0.15, -0.1) is 0 Å². The molecular formula is C15H16N2O3. The lowest BCUT2D eigenvalue weighted by Crippen LogP contribution is -2.07. The van der Waals surface area contributed by atoms with E-state index in [0.29, 0.717) is 17.8 Å². The summed E-state index contributed by atoms with van der Waals surface area (Å²) in [6.45, 7) is 4.00. The highest BCUT2D eigenvalue weighted by Crippen LogP contribution is 2.16. The van der Waals surface area contributed by atoms with Crippen molar-refractivity contribution in [2.45, 2.75) is 26.3 Å². The van der Waals surface area contributed by atoms with Gasteiger partial charge in [-0.1, -0.05) is 24.3 Å². The molecule has 0 saturated carbocycles. The molecule has 104 valence electrons. The van der Waals surface area contributed by atoms with E-state index < -0.39 is 11.9 Å². The van der Waals surface area contributed by atoms with Crippen LogP contribution in [0.25, 0.3) is 0 Å². The van der Waals surface area contributed by atoms with Crippen LogP contribution in [-0.2, 0) is 11.3 Å². The Balaban J connectivity index is 2.14. The Morgan fingerprint density at radius 1 is 1.40 bits per heavy atom. The van der Waals surface area contributed by atoms with Crippen molar-refractivity contribution in [3.8, 4) is 0 Å². The van der Waals surface area contributed by atoms with Crippen molar-refractivity contribution < 1.29 is 14.7 Å². The smallest absolute Gasteiger partial charge is 0.310 e. The second kappa shape index (κ2) is 5.69. The Labute approximate surface area is 116 Å². The summed E-state index contributed by atoms with van der Waals surface area (Å²) >= 11 is 0. The maximum Gasteiger partial charge on any atom is 0.310 e. The first-order valence-corrected chi connectivity index (χ1v) is 6.32. The van der Waals surface area contributed by atoms with Gasteiger partial charge in [-0.25, -0.2) is 0 Å². The number of aldehydes is 1. The summed E-state index contributed by atoms with van der Waals surface area (Å²) in [6, 6.07) is 7.38. The quantitative estimate of drug-likeness (QED) is 0.847. The first kappa shape index (κ1) is 14.0. The molecule has 1 aromatic heterocycles. The zero-order valence-electron chi connectivity index (χ0n) is 11.4. The zero-order chi connectivity index (χ0) is 14.7. The van der Waals surface area contributed by atoms with Crippen LogP contribution in [-0.4, -0.2) is 27.1 Å². The summed E-state index contributed by atoms with van der Waals surface area (Å²) in [5.41, 5.74) is 3.06. The van der Waals surface area contributed by atoms with Gasteiger partial charge in [0.1, 0.15) is 0 Å². The van der Waals surface area contributed by atoms with Crippen LogP contribution >= 0.6 is 0 Å². The second-order valence-corrected chi connectivity index (χ2v) is 4.79. The average Bonchev–Trinajstić information content (AvgIpc) is 2.78. The van der Waals surface area contributed by atoms with Gasteiger partial charge in [0.2, 0.25) is 0 Å². The third-order valence-corrected chi connectivity index (χ3v) is 3.31. The van der Waals surface area contributed by atoms with Crippen LogP contribution in [0.4, 0.5) is 0 Å². The van der Waals surface area contributed by atoms with Gasteiger partial charge in [0.05, 0.1) is 23.7 Å². The molecule has 0 amide bonds. The minimum atomic E-state index is -0.837. The molecule has 0 radical (unpaired) electrons. The Hall–Kier alpha value is -2.43. The molecule has 5 heteroatoms. The predicted molar refractivity (Wildman–Crippen MR) is 73.9 cm³/mol. The molecule has 5 nitrogen and oxygen atoms in total. The Bertz CT molecular complexity index is 629. The molecule has 2 aromatic rings. The van der Waals surface area contributed by atoms with Gasteiger partial charge in [0.15, 0.2) is 6.29 Å². The standard InChI is InChI=1S/C15H16N2O3/c1-10(15(19)20)13-5-3-12(4-6-13)7-17-8-14(9-18)11(2)16-17/h3-6,8-10H,7H2,1-2H3,(H,19,20). The molecule has 0 saturated heterocycles. The van der Waals surface area contributed by atoms with Crippen molar-refractivity contribution in [2.75, 3.05) is 0 Å². The maximum atomic E-state index is 10.9. The molecule has 0 bridgehead atoms. The van der Waals surface area contributed by atoms with Crippen LogP contribution in [0.1, 0.15) is 40.0 Å². The lowest BCUT2D eigenvalue weighted by atomic mass is 10.0. The van der Waals surface area contributed by atoms with E-state index in [4.69, 9.17) is 5.11 Å². The number of hydrogen-bond donors (Lipinski definition) is 1. The molecule has 1 N–H and O–H groups in total. The number of aromatic nitrogens is 2. The van der Waals surface area contributed by atoms with Crippen LogP contribution in [0, 0.1) is 6.92 Å². The fraction of sp³-hybridized carbons (Fsp3) is 0.267. The number of hydrogen-bond acceptors (Lipinski definition) is 3. The fourth-order valence-corrected chi connectivity index (χ4v) is 1.97. The number of carbonyl (C=O) groups excluding carboxylic acids is 1. The molecule has 20 heavy (non-hydrogen) atoms. The Morgan fingerprint density at radius 2 is 2.05 bits per heavy atom. The van der Waals surface area contributed by atoms with Crippen LogP contribution in [0.5, 0.6) is 0 Å². The molecule has 0 aliphatic heterocycles. The normalized spacial score (nSPS) is 12.1. The molecule has 1 heterocycles. The first-order chi connectivity index (χ1) is 9.51. The largest absolute Gasteiger partial charge is 0.481 e. The first-order valence-electron chi connectivity index (χ1n) is 6.32. The average molecular weight is 272 g/mol. The van der Waals surface area contributed by atoms with Crippen molar-refractivity contribution >= 4 is 12.3 Å². The minimum absolute atomic E-state index is 0.516. The van der Waals surface area contributed by atoms with E-state index in [1.807, 2.05) is 24.3 Å². The van der Waals surface area contributed by atoms with E-state index in [0.717, 1.165) is 17.4 Å². The van der Waals surface area contributed by atoms with Gasteiger partial charge in [-0.2, -0.15) is 5.10 Å². The van der Waals surface area contributed by atoms with E-state index in [9.17, 15) is 9.59 Å². The third-order valence-electron chi connectivity index (χ3n) is 3.31. The summed E-state index contributed by atoms with van der Waals surface area (Å²) < 4.78 is 1.70. The summed E-state index contributed by atoms with van der Waals surface area (Å²) in [5, 5.41) is 13.2. The highest BCUT2D eigenvalue weighted by atomic mass is 16.4. The molecule has 1 unspecified atom stereocenters. The third kappa shape index (κ3) is 2.93. The van der Waals surface area contributed by atoms with E-state index in [-0.39, 0.29) is 0 Å². The zero-order valence-corrected chi connectivity index (χ0v) is 11.4. The van der Waals surface area contributed by atoms with E-state index in [1.165, 1.54) is 0 Å². The van der Waals surface area contributed by atoms with Gasteiger partial charge < -0.3 is 5.11 Å². The molecule has 0 spiro atoms. The van der Waals surface area contributed by atoms with Crippen molar-refractivity contribution in [1.29, 1.82) is 0 Å². The van der Waals surface area contributed by atoms with Crippen LogP contribution < -0.4 is 0 Å². The number of aliphatic carboxylic acids is 1. The lowest BCUT2D eigenvalue weighted by Gasteiger charge is -2.08. The van der Waals surface area contributed by atoms with Crippen molar-refractivity contribution in [3.05, 3.63) is 52.8 Å². The van der Waals surface area contributed by atoms with E-state index in [1.54, 1.807) is 24.7 Å². The van der Waals surface area contributed by atoms with E-state index in [2.05, 4.69) is 5.10 Å². The molecule has 1 aromatic carbocycles. The maximum absolute atomic E-state index is 10.9. The number of carboxylic acids is 1.